The minimum Gasteiger partial charge on any atom is -0.393 e. The first-order valence-corrected chi connectivity index (χ1v) is 6.95. The molecule has 110 valence electrons. The van der Waals surface area contributed by atoms with Gasteiger partial charge in [-0.2, -0.15) is 0 Å². The van der Waals surface area contributed by atoms with Gasteiger partial charge in [0.15, 0.2) is 0 Å². The van der Waals surface area contributed by atoms with Crippen LogP contribution in [0.2, 0.25) is 10.0 Å². The second-order valence-electron chi connectivity index (χ2n) is 4.41. The molecule has 0 spiro atoms. The van der Waals surface area contributed by atoms with Crippen molar-refractivity contribution in [3.63, 3.8) is 0 Å². The molecule has 0 aliphatic carbocycles. The normalized spacial score (nSPS) is 10.4. The lowest BCUT2D eigenvalue weighted by Crippen LogP contribution is -2.08. The number of anilines is 2. The maximum atomic E-state index is 11.0. The molecular formula is C14H13Cl2N3O2. The van der Waals surface area contributed by atoms with Crippen LogP contribution in [0.15, 0.2) is 36.4 Å². The maximum absolute atomic E-state index is 11.0. The van der Waals surface area contributed by atoms with E-state index in [4.69, 9.17) is 28.9 Å². The standard InChI is InChI=1S/C14H13Cl2N3O2/c15-10-5-4-9(11(16)8-10)6-7-18-13-3-1-2-12(17)14(13)19(20)21/h1-5,8,18H,6-7,17H2. The number of para-hydroxylation sites is 1. The van der Waals surface area contributed by atoms with Crippen molar-refractivity contribution in [3.8, 4) is 0 Å². The number of hydrogen-bond donors (Lipinski definition) is 2. The molecule has 2 rings (SSSR count). The smallest absolute Gasteiger partial charge is 0.314 e. The summed E-state index contributed by atoms with van der Waals surface area (Å²) in [7, 11) is 0. The molecule has 0 saturated heterocycles. The summed E-state index contributed by atoms with van der Waals surface area (Å²) in [6.07, 6.45) is 0.613. The Morgan fingerprint density at radius 3 is 2.67 bits per heavy atom. The number of nitro groups is 1. The molecule has 5 nitrogen and oxygen atoms in total. The molecule has 7 heteroatoms. The Balaban J connectivity index is 2.07. The first kappa shape index (κ1) is 15.4. The predicted molar refractivity (Wildman–Crippen MR) is 86.2 cm³/mol. The van der Waals surface area contributed by atoms with E-state index in [0.717, 1.165) is 5.56 Å². The van der Waals surface area contributed by atoms with Gasteiger partial charge >= 0.3 is 5.69 Å². The van der Waals surface area contributed by atoms with Crippen LogP contribution in [0.4, 0.5) is 17.1 Å². The molecule has 0 heterocycles. The van der Waals surface area contributed by atoms with Crippen molar-refractivity contribution in [2.45, 2.75) is 6.42 Å². The number of nitrogens with two attached hydrogens (primary N) is 1. The zero-order valence-corrected chi connectivity index (χ0v) is 12.5. The SMILES string of the molecule is Nc1cccc(NCCc2ccc(Cl)cc2Cl)c1[N+](=O)[O-]. The highest BCUT2D eigenvalue weighted by molar-refractivity contribution is 6.35. The quantitative estimate of drug-likeness (QED) is 0.491. The zero-order chi connectivity index (χ0) is 15.4. The van der Waals surface area contributed by atoms with Crippen molar-refractivity contribution in [3.05, 3.63) is 62.1 Å². The first-order valence-electron chi connectivity index (χ1n) is 6.19. The van der Waals surface area contributed by atoms with Gasteiger partial charge in [0.25, 0.3) is 0 Å². The third-order valence-corrected chi connectivity index (χ3v) is 3.56. The van der Waals surface area contributed by atoms with E-state index in [2.05, 4.69) is 5.32 Å². The van der Waals surface area contributed by atoms with Crippen molar-refractivity contribution >= 4 is 40.3 Å². The Bertz CT molecular complexity index is 677. The van der Waals surface area contributed by atoms with E-state index in [-0.39, 0.29) is 11.4 Å². The van der Waals surface area contributed by atoms with Crippen molar-refractivity contribution in [1.82, 2.24) is 0 Å². The second kappa shape index (κ2) is 6.65. The van der Waals surface area contributed by atoms with E-state index in [1.54, 1.807) is 24.3 Å². The van der Waals surface area contributed by atoms with Crippen molar-refractivity contribution in [1.29, 1.82) is 0 Å². The molecule has 0 atom stereocenters. The zero-order valence-electron chi connectivity index (χ0n) is 11.0. The number of nitrogens with zero attached hydrogens (tertiary/aromatic N) is 1. The first-order chi connectivity index (χ1) is 9.99. The molecule has 21 heavy (non-hydrogen) atoms. The summed E-state index contributed by atoms with van der Waals surface area (Å²) in [5.74, 6) is 0. The predicted octanol–water partition coefficient (Wildman–Crippen LogP) is 4.14. The minimum absolute atomic E-state index is 0.111. The molecule has 0 fully saturated rings. The fraction of sp³-hybridized carbons (Fsp3) is 0.143. The van der Waals surface area contributed by atoms with Gasteiger partial charge in [0.1, 0.15) is 11.4 Å². The largest absolute Gasteiger partial charge is 0.393 e. The van der Waals surface area contributed by atoms with Crippen LogP contribution in [-0.2, 0) is 6.42 Å². The fourth-order valence-corrected chi connectivity index (χ4v) is 2.47. The van der Waals surface area contributed by atoms with E-state index < -0.39 is 4.92 Å². The number of nitrogen functional groups attached to an aromatic ring is 1. The summed E-state index contributed by atoms with van der Waals surface area (Å²) in [5, 5.41) is 15.2. The molecule has 3 N–H and O–H groups in total. The molecule has 0 saturated carbocycles. The average Bonchev–Trinajstić information content (AvgIpc) is 2.41. The van der Waals surface area contributed by atoms with Gasteiger partial charge in [-0.1, -0.05) is 35.3 Å². The summed E-state index contributed by atoms with van der Waals surface area (Å²) >= 11 is 11.9. The van der Waals surface area contributed by atoms with Gasteiger partial charge < -0.3 is 11.1 Å². The molecule has 0 aliphatic rings. The lowest BCUT2D eigenvalue weighted by atomic mass is 10.1. The van der Waals surface area contributed by atoms with Crippen LogP contribution < -0.4 is 11.1 Å². The Hall–Kier alpha value is -1.98. The van der Waals surface area contributed by atoms with E-state index in [9.17, 15) is 10.1 Å². The van der Waals surface area contributed by atoms with Crippen LogP contribution in [0.3, 0.4) is 0 Å². The highest BCUT2D eigenvalue weighted by atomic mass is 35.5. The third kappa shape index (κ3) is 3.77. The van der Waals surface area contributed by atoms with Crippen LogP contribution in [0.25, 0.3) is 0 Å². The summed E-state index contributed by atoms with van der Waals surface area (Å²) in [4.78, 5) is 10.5. The Morgan fingerprint density at radius 1 is 1.24 bits per heavy atom. The highest BCUT2D eigenvalue weighted by Crippen LogP contribution is 2.30. The van der Waals surface area contributed by atoms with E-state index >= 15 is 0 Å². The van der Waals surface area contributed by atoms with E-state index in [1.165, 1.54) is 6.07 Å². The Labute approximate surface area is 131 Å². The van der Waals surface area contributed by atoms with E-state index in [0.29, 0.717) is 28.7 Å². The fourth-order valence-electron chi connectivity index (χ4n) is 1.96. The van der Waals surface area contributed by atoms with Crippen molar-refractivity contribution in [2.24, 2.45) is 0 Å². The van der Waals surface area contributed by atoms with Crippen molar-refractivity contribution < 1.29 is 4.92 Å². The number of halogens is 2. The van der Waals surface area contributed by atoms with Crippen LogP contribution in [-0.4, -0.2) is 11.5 Å². The number of nitro benzene ring substituents is 1. The highest BCUT2D eigenvalue weighted by Gasteiger charge is 2.17. The van der Waals surface area contributed by atoms with E-state index in [1.807, 2.05) is 6.07 Å². The number of hydrogen-bond acceptors (Lipinski definition) is 4. The molecule has 0 radical (unpaired) electrons. The molecule has 0 amide bonds. The van der Waals surface area contributed by atoms with Gasteiger partial charge in [-0.05, 0) is 36.2 Å². The second-order valence-corrected chi connectivity index (χ2v) is 5.26. The lowest BCUT2D eigenvalue weighted by Gasteiger charge is -2.09. The number of rotatable bonds is 5. The molecule has 2 aromatic rings. The van der Waals surface area contributed by atoms with Crippen LogP contribution in [0.5, 0.6) is 0 Å². The number of benzene rings is 2. The molecule has 0 aromatic heterocycles. The molecule has 0 aliphatic heterocycles. The van der Waals surface area contributed by atoms with Gasteiger partial charge in [0.2, 0.25) is 0 Å². The van der Waals surface area contributed by atoms with Gasteiger partial charge in [-0.3, -0.25) is 10.1 Å². The van der Waals surface area contributed by atoms with Crippen LogP contribution in [0.1, 0.15) is 5.56 Å². The molecule has 2 aromatic carbocycles. The Kier molecular flexibility index (Phi) is 4.88. The van der Waals surface area contributed by atoms with Crippen LogP contribution in [0, 0.1) is 10.1 Å². The number of nitrogens with one attached hydrogen (secondary N) is 1. The lowest BCUT2D eigenvalue weighted by molar-refractivity contribution is -0.383. The van der Waals surface area contributed by atoms with Crippen molar-refractivity contribution in [2.75, 3.05) is 17.6 Å². The molecule has 0 bridgehead atoms. The maximum Gasteiger partial charge on any atom is 0.314 e. The van der Waals surface area contributed by atoms with Gasteiger partial charge in [-0.25, -0.2) is 0 Å². The summed E-state index contributed by atoms with van der Waals surface area (Å²) < 4.78 is 0. The van der Waals surface area contributed by atoms with Crippen LogP contribution >= 0.6 is 23.2 Å². The average molecular weight is 326 g/mol. The summed E-state index contributed by atoms with van der Waals surface area (Å²) in [5.41, 5.74) is 6.96. The Morgan fingerprint density at radius 2 is 2.00 bits per heavy atom. The summed E-state index contributed by atoms with van der Waals surface area (Å²) in [6.45, 7) is 0.492. The van der Waals surface area contributed by atoms with Gasteiger partial charge in [0.05, 0.1) is 4.92 Å². The third-order valence-electron chi connectivity index (χ3n) is 2.97. The molecular weight excluding hydrogens is 313 g/mol. The minimum atomic E-state index is -0.493. The monoisotopic (exact) mass is 325 g/mol. The molecule has 0 unspecified atom stereocenters. The van der Waals surface area contributed by atoms with Gasteiger partial charge in [-0.15, -0.1) is 0 Å². The summed E-state index contributed by atoms with van der Waals surface area (Å²) in [6, 6.07) is 10.0. The topological polar surface area (TPSA) is 81.2 Å². The van der Waals surface area contributed by atoms with Gasteiger partial charge in [0, 0.05) is 16.6 Å².